The van der Waals surface area contributed by atoms with E-state index in [9.17, 15) is 4.79 Å². The fourth-order valence-electron chi connectivity index (χ4n) is 2.90. The van der Waals surface area contributed by atoms with E-state index in [0.717, 1.165) is 24.9 Å². The van der Waals surface area contributed by atoms with Crippen molar-refractivity contribution in [2.45, 2.75) is 45.2 Å². The van der Waals surface area contributed by atoms with Crippen LogP contribution in [-0.2, 0) is 4.79 Å². The van der Waals surface area contributed by atoms with Gasteiger partial charge in [0.2, 0.25) is 5.91 Å². The second-order valence-corrected chi connectivity index (χ2v) is 6.37. The zero-order chi connectivity index (χ0) is 14.7. The van der Waals surface area contributed by atoms with Gasteiger partial charge < -0.3 is 10.6 Å². The van der Waals surface area contributed by atoms with Gasteiger partial charge in [0.05, 0.1) is 6.04 Å². The summed E-state index contributed by atoms with van der Waals surface area (Å²) in [6, 6.07) is 7.55. The van der Waals surface area contributed by atoms with E-state index >= 15 is 0 Å². The van der Waals surface area contributed by atoms with E-state index in [1.54, 1.807) is 0 Å². The van der Waals surface area contributed by atoms with Crippen molar-refractivity contribution in [1.29, 1.82) is 0 Å². The van der Waals surface area contributed by atoms with Gasteiger partial charge in [-0.1, -0.05) is 43.6 Å². The maximum absolute atomic E-state index is 12.4. The Kier molecular flexibility index (Phi) is 5.06. The van der Waals surface area contributed by atoms with Crippen molar-refractivity contribution in [3.8, 4) is 0 Å². The lowest BCUT2D eigenvalue weighted by Crippen LogP contribution is -2.43. The van der Waals surface area contributed by atoms with Crippen LogP contribution in [0.4, 0.5) is 0 Å². The maximum Gasteiger partial charge on any atom is 0.223 e. The number of likely N-dealkylation sites (tertiary alicyclic amines) is 1. The smallest absolute Gasteiger partial charge is 0.223 e. The predicted molar refractivity (Wildman–Crippen MR) is 82.6 cm³/mol. The average molecular weight is 295 g/mol. The van der Waals surface area contributed by atoms with E-state index in [1.165, 1.54) is 0 Å². The number of carbonyl (C=O) groups excluding carboxylic acids is 1. The molecule has 1 amide bonds. The van der Waals surface area contributed by atoms with Gasteiger partial charge in [0, 0.05) is 24.0 Å². The van der Waals surface area contributed by atoms with Gasteiger partial charge in [-0.15, -0.1) is 0 Å². The molecular weight excluding hydrogens is 272 g/mol. The van der Waals surface area contributed by atoms with Crippen molar-refractivity contribution in [2.75, 3.05) is 6.54 Å². The standard InChI is InChI=1S/C16H23ClN2O/c1-11(2)10-19-15(20)9-5-8-14(18)16(19)12-6-3-4-7-13(12)17/h3-4,6-7,11,14,16H,5,8-10,18H2,1-2H3. The number of nitrogens with zero attached hydrogens (tertiary/aromatic N) is 1. The topological polar surface area (TPSA) is 46.3 Å². The van der Waals surface area contributed by atoms with Crippen LogP contribution in [0.15, 0.2) is 24.3 Å². The Morgan fingerprint density at radius 2 is 2.10 bits per heavy atom. The van der Waals surface area contributed by atoms with Crippen molar-refractivity contribution in [3.63, 3.8) is 0 Å². The highest BCUT2D eigenvalue weighted by molar-refractivity contribution is 6.31. The molecule has 3 nitrogen and oxygen atoms in total. The minimum atomic E-state index is -0.110. The van der Waals surface area contributed by atoms with Gasteiger partial charge in [-0.2, -0.15) is 0 Å². The Balaban J connectivity index is 2.41. The number of benzene rings is 1. The molecule has 110 valence electrons. The minimum Gasteiger partial charge on any atom is -0.334 e. The Bertz CT molecular complexity index is 475. The Morgan fingerprint density at radius 3 is 2.75 bits per heavy atom. The summed E-state index contributed by atoms with van der Waals surface area (Å²) in [6.45, 7) is 4.96. The number of nitrogens with two attached hydrogens (primary N) is 1. The molecule has 0 saturated carbocycles. The van der Waals surface area contributed by atoms with Gasteiger partial charge in [-0.25, -0.2) is 0 Å². The summed E-state index contributed by atoms with van der Waals surface area (Å²) in [7, 11) is 0. The summed E-state index contributed by atoms with van der Waals surface area (Å²) in [5, 5.41) is 0.691. The number of rotatable bonds is 3. The summed E-state index contributed by atoms with van der Waals surface area (Å²) in [5.74, 6) is 0.603. The first-order valence-corrected chi connectivity index (χ1v) is 7.68. The summed E-state index contributed by atoms with van der Waals surface area (Å²) >= 11 is 6.33. The van der Waals surface area contributed by atoms with Crippen LogP contribution in [-0.4, -0.2) is 23.4 Å². The summed E-state index contributed by atoms with van der Waals surface area (Å²) in [6.07, 6.45) is 2.30. The highest BCUT2D eigenvalue weighted by atomic mass is 35.5. The van der Waals surface area contributed by atoms with Crippen molar-refractivity contribution in [3.05, 3.63) is 34.9 Å². The second kappa shape index (κ2) is 6.59. The summed E-state index contributed by atoms with van der Waals surface area (Å²) in [5.41, 5.74) is 7.33. The lowest BCUT2D eigenvalue weighted by atomic mass is 9.95. The fraction of sp³-hybridized carbons (Fsp3) is 0.562. The maximum atomic E-state index is 12.4. The zero-order valence-corrected chi connectivity index (χ0v) is 12.9. The fourth-order valence-corrected chi connectivity index (χ4v) is 3.15. The van der Waals surface area contributed by atoms with Crippen molar-refractivity contribution >= 4 is 17.5 Å². The Labute approximate surface area is 126 Å². The molecule has 0 bridgehead atoms. The lowest BCUT2D eigenvalue weighted by molar-refractivity contribution is -0.133. The van der Waals surface area contributed by atoms with Gasteiger partial charge in [0.1, 0.15) is 0 Å². The minimum absolute atomic E-state index is 0.0555. The zero-order valence-electron chi connectivity index (χ0n) is 12.2. The number of hydrogen-bond donors (Lipinski definition) is 1. The van der Waals surface area contributed by atoms with E-state index in [2.05, 4.69) is 13.8 Å². The molecule has 1 heterocycles. The number of amides is 1. The van der Waals surface area contributed by atoms with Crippen LogP contribution in [0.1, 0.15) is 44.7 Å². The molecule has 2 rings (SSSR count). The molecule has 0 spiro atoms. The van der Waals surface area contributed by atoms with Gasteiger partial charge >= 0.3 is 0 Å². The molecule has 0 aromatic heterocycles. The van der Waals surface area contributed by atoms with Gasteiger partial charge in [0.15, 0.2) is 0 Å². The highest BCUT2D eigenvalue weighted by Gasteiger charge is 2.34. The van der Waals surface area contributed by atoms with E-state index in [0.29, 0.717) is 17.4 Å². The first-order chi connectivity index (χ1) is 9.50. The number of hydrogen-bond acceptors (Lipinski definition) is 2. The van der Waals surface area contributed by atoms with E-state index in [4.69, 9.17) is 17.3 Å². The molecular formula is C16H23ClN2O. The first-order valence-electron chi connectivity index (χ1n) is 7.30. The van der Waals surface area contributed by atoms with E-state index < -0.39 is 0 Å². The van der Waals surface area contributed by atoms with Gasteiger partial charge in [0.25, 0.3) is 0 Å². The molecule has 1 aromatic rings. The molecule has 1 fully saturated rings. The Morgan fingerprint density at radius 1 is 1.40 bits per heavy atom. The van der Waals surface area contributed by atoms with Crippen LogP contribution in [0.3, 0.4) is 0 Å². The molecule has 4 heteroatoms. The molecule has 1 saturated heterocycles. The molecule has 1 aromatic carbocycles. The van der Waals surface area contributed by atoms with Crippen LogP contribution >= 0.6 is 11.6 Å². The van der Waals surface area contributed by atoms with Gasteiger partial charge in [-0.05, 0) is 30.4 Å². The molecule has 1 aliphatic heterocycles. The number of carbonyl (C=O) groups is 1. The molecule has 2 N–H and O–H groups in total. The SMILES string of the molecule is CC(C)CN1C(=O)CCCC(N)C1c1ccccc1Cl. The van der Waals surface area contributed by atoms with Crippen LogP contribution in [0.25, 0.3) is 0 Å². The third-order valence-corrected chi connectivity index (χ3v) is 4.12. The van der Waals surface area contributed by atoms with Gasteiger partial charge in [-0.3, -0.25) is 4.79 Å². The molecule has 2 unspecified atom stereocenters. The molecule has 2 atom stereocenters. The molecule has 0 aliphatic carbocycles. The lowest BCUT2D eigenvalue weighted by Gasteiger charge is -2.35. The van der Waals surface area contributed by atoms with Crippen LogP contribution in [0, 0.1) is 5.92 Å². The Hall–Kier alpha value is -1.06. The highest BCUT2D eigenvalue weighted by Crippen LogP contribution is 2.34. The summed E-state index contributed by atoms with van der Waals surface area (Å²) < 4.78 is 0. The molecule has 1 aliphatic rings. The van der Waals surface area contributed by atoms with E-state index in [-0.39, 0.29) is 18.0 Å². The third kappa shape index (κ3) is 3.33. The molecule has 0 radical (unpaired) electrons. The quantitative estimate of drug-likeness (QED) is 0.929. The van der Waals surface area contributed by atoms with Crippen molar-refractivity contribution in [2.24, 2.45) is 11.7 Å². The van der Waals surface area contributed by atoms with Crippen LogP contribution < -0.4 is 5.73 Å². The van der Waals surface area contributed by atoms with Crippen molar-refractivity contribution < 1.29 is 4.79 Å². The summed E-state index contributed by atoms with van der Waals surface area (Å²) in [4.78, 5) is 14.4. The number of halogens is 1. The largest absolute Gasteiger partial charge is 0.334 e. The second-order valence-electron chi connectivity index (χ2n) is 5.96. The van der Waals surface area contributed by atoms with E-state index in [1.807, 2.05) is 29.2 Å². The molecule has 20 heavy (non-hydrogen) atoms. The monoisotopic (exact) mass is 294 g/mol. The predicted octanol–water partition coefficient (Wildman–Crippen LogP) is 3.38. The average Bonchev–Trinajstić information content (AvgIpc) is 2.51. The van der Waals surface area contributed by atoms with Crippen LogP contribution in [0.5, 0.6) is 0 Å². The van der Waals surface area contributed by atoms with Crippen molar-refractivity contribution in [1.82, 2.24) is 4.90 Å². The third-order valence-electron chi connectivity index (χ3n) is 3.78. The normalized spacial score (nSPS) is 24.1. The first kappa shape index (κ1) is 15.3. The van der Waals surface area contributed by atoms with Crippen LogP contribution in [0.2, 0.25) is 5.02 Å².